The fraction of sp³-hybridized carbons (Fsp3) is 0.889. The van der Waals surface area contributed by atoms with E-state index in [1.165, 1.54) is 32.1 Å². The Morgan fingerprint density at radius 1 is 1.42 bits per heavy atom. The molecule has 1 aliphatic heterocycles. The smallest absolute Gasteiger partial charge is 0.0557 e. The van der Waals surface area contributed by atoms with E-state index >= 15 is 0 Å². The topological polar surface area (TPSA) is 21.9 Å². The van der Waals surface area contributed by atoms with Crippen molar-refractivity contribution in [2.75, 3.05) is 0 Å². The first-order chi connectivity index (χ1) is 8.87. The van der Waals surface area contributed by atoms with E-state index in [0.29, 0.717) is 17.0 Å². The molecule has 3 atom stereocenters. The van der Waals surface area contributed by atoms with Gasteiger partial charge < -0.3 is 5.32 Å². The van der Waals surface area contributed by atoms with Crippen molar-refractivity contribution in [2.45, 2.75) is 85.2 Å². The molecule has 0 spiro atoms. The molecule has 3 unspecified atom stereocenters. The molecule has 19 heavy (non-hydrogen) atoms. The van der Waals surface area contributed by atoms with Gasteiger partial charge in [-0.15, -0.1) is 0 Å². The van der Waals surface area contributed by atoms with E-state index in [9.17, 15) is 0 Å². The summed E-state index contributed by atoms with van der Waals surface area (Å²) in [5, 5.41) is 3.81. The van der Waals surface area contributed by atoms with Gasteiger partial charge in [-0.25, -0.2) is 0 Å². The standard InChI is InChI=1S/C18H33N/c1-7-11-17(5,6)16(8-2)18(14(4)19-18)12-13(3)15-9-10-15/h8,13-15,19H,7,9-12H2,1-6H3/b16-8-. The van der Waals surface area contributed by atoms with Crippen LogP contribution in [0.1, 0.15) is 73.6 Å². The van der Waals surface area contributed by atoms with Crippen LogP contribution in [0.15, 0.2) is 11.6 Å². The monoisotopic (exact) mass is 263 g/mol. The van der Waals surface area contributed by atoms with Gasteiger partial charge in [0.2, 0.25) is 0 Å². The van der Waals surface area contributed by atoms with Gasteiger partial charge in [0.1, 0.15) is 0 Å². The second kappa shape index (κ2) is 5.24. The van der Waals surface area contributed by atoms with Crippen LogP contribution in [0.2, 0.25) is 0 Å². The summed E-state index contributed by atoms with van der Waals surface area (Å²) in [6, 6.07) is 0.663. The normalized spacial score (nSPS) is 33.4. The van der Waals surface area contributed by atoms with Crippen LogP contribution >= 0.6 is 0 Å². The molecule has 1 nitrogen and oxygen atoms in total. The zero-order chi connectivity index (χ0) is 14.3. The Bertz CT molecular complexity index is 351. The molecule has 1 heterocycles. The van der Waals surface area contributed by atoms with Gasteiger partial charge in [0.15, 0.2) is 0 Å². The minimum atomic E-state index is 0.315. The van der Waals surface area contributed by atoms with Gasteiger partial charge in [-0.3, -0.25) is 0 Å². The molecule has 1 heteroatoms. The largest absolute Gasteiger partial charge is 0.302 e. The second-order valence-corrected chi connectivity index (χ2v) is 7.69. The SMILES string of the molecule is C/C=C(/C(C)(C)CCC)C1(CC(C)C2CC2)NC1C. The Labute approximate surface area is 120 Å². The zero-order valence-corrected chi connectivity index (χ0v) is 13.8. The van der Waals surface area contributed by atoms with E-state index in [4.69, 9.17) is 0 Å². The lowest BCUT2D eigenvalue weighted by Crippen LogP contribution is -2.33. The number of rotatable bonds is 7. The lowest BCUT2D eigenvalue weighted by molar-refractivity contribution is 0.330. The van der Waals surface area contributed by atoms with Gasteiger partial charge in [-0.1, -0.05) is 40.2 Å². The molecule has 1 saturated heterocycles. The Kier molecular flexibility index (Phi) is 4.16. The van der Waals surface area contributed by atoms with E-state index in [1.807, 2.05) is 0 Å². The first-order valence-corrected chi connectivity index (χ1v) is 8.32. The molecular formula is C18H33N. The third kappa shape index (κ3) is 2.91. The van der Waals surface area contributed by atoms with Crippen LogP contribution < -0.4 is 5.32 Å². The Morgan fingerprint density at radius 3 is 2.37 bits per heavy atom. The maximum absolute atomic E-state index is 3.81. The van der Waals surface area contributed by atoms with Gasteiger partial charge in [-0.2, -0.15) is 0 Å². The molecule has 1 saturated carbocycles. The first-order valence-electron chi connectivity index (χ1n) is 8.32. The van der Waals surface area contributed by atoms with Crippen LogP contribution in [0.3, 0.4) is 0 Å². The van der Waals surface area contributed by atoms with Crippen molar-refractivity contribution in [3.8, 4) is 0 Å². The molecule has 1 aliphatic carbocycles. The molecule has 2 aliphatic rings. The number of hydrogen-bond donors (Lipinski definition) is 1. The summed E-state index contributed by atoms with van der Waals surface area (Å²) in [6.07, 6.45) is 9.25. The first kappa shape index (κ1) is 15.1. The predicted molar refractivity (Wildman–Crippen MR) is 84.3 cm³/mol. The lowest BCUT2D eigenvalue weighted by Gasteiger charge is -2.35. The summed E-state index contributed by atoms with van der Waals surface area (Å²) >= 11 is 0. The molecule has 0 aromatic rings. The van der Waals surface area contributed by atoms with Crippen LogP contribution in [0, 0.1) is 17.3 Å². The minimum absolute atomic E-state index is 0.315. The zero-order valence-electron chi connectivity index (χ0n) is 13.8. The molecule has 110 valence electrons. The predicted octanol–water partition coefficient (Wildman–Crippen LogP) is 4.93. The molecule has 0 radical (unpaired) electrons. The maximum Gasteiger partial charge on any atom is 0.0557 e. The van der Waals surface area contributed by atoms with Gasteiger partial charge in [0.25, 0.3) is 0 Å². The summed E-state index contributed by atoms with van der Waals surface area (Å²) in [5.41, 5.74) is 2.32. The van der Waals surface area contributed by atoms with Crippen molar-refractivity contribution in [2.24, 2.45) is 17.3 Å². The number of nitrogens with one attached hydrogen (secondary N) is 1. The summed E-state index contributed by atoms with van der Waals surface area (Å²) in [6.45, 7) is 14.2. The van der Waals surface area contributed by atoms with Crippen molar-refractivity contribution in [1.29, 1.82) is 0 Å². The molecular weight excluding hydrogens is 230 g/mol. The third-order valence-electron chi connectivity index (χ3n) is 5.57. The number of allylic oxidation sites excluding steroid dienone is 1. The average Bonchev–Trinajstić information content (AvgIpc) is 3.17. The van der Waals surface area contributed by atoms with E-state index in [-0.39, 0.29) is 0 Å². The number of hydrogen-bond acceptors (Lipinski definition) is 1. The van der Waals surface area contributed by atoms with Crippen molar-refractivity contribution in [1.82, 2.24) is 5.32 Å². The molecule has 0 amide bonds. The Morgan fingerprint density at radius 2 is 2.00 bits per heavy atom. The van der Waals surface area contributed by atoms with E-state index < -0.39 is 0 Å². The van der Waals surface area contributed by atoms with Gasteiger partial charge in [0.05, 0.1) is 5.54 Å². The molecule has 0 bridgehead atoms. The van der Waals surface area contributed by atoms with E-state index in [2.05, 4.69) is 52.9 Å². The highest BCUT2D eigenvalue weighted by molar-refractivity contribution is 5.37. The maximum atomic E-state index is 3.81. The van der Waals surface area contributed by atoms with Crippen LogP contribution in [0.5, 0.6) is 0 Å². The van der Waals surface area contributed by atoms with Crippen LogP contribution in [0.4, 0.5) is 0 Å². The molecule has 2 fully saturated rings. The van der Waals surface area contributed by atoms with Crippen molar-refractivity contribution in [3.63, 3.8) is 0 Å². The summed E-state index contributed by atoms with van der Waals surface area (Å²) in [5.74, 6) is 1.89. The summed E-state index contributed by atoms with van der Waals surface area (Å²) in [7, 11) is 0. The fourth-order valence-corrected chi connectivity index (χ4v) is 4.35. The molecule has 2 rings (SSSR count). The average molecular weight is 263 g/mol. The summed E-state index contributed by atoms with van der Waals surface area (Å²) in [4.78, 5) is 0. The van der Waals surface area contributed by atoms with Crippen molar-refractivity contribution < 1.29 is 0 Å². The highest BCUT2D eigenvalue weighted by Crippen LogP contribution is 2.51. The van der Waals surface area contributed by atoms with Crippen molar-refractivity contribution >= 4 is 0 Å². The minimum Gasteiger partial charge on any atom is -0.302 e. The van der Waals surface area contributed by atoms with E-state index in [1.54, 1.807) is 5.57 Å². The van der Waals surface area contributed by atoms with Crippen LogP contribution in [0.25, 0.3) is 0 Å². The van der Waals surface area contributed by atoms with Crippen molar-refractivity contribution in [3.05, 3.63) is 11.6 Å². The quantitative estimate of drug-likeness (QED) is 0.511. The summed E-state index contributed by atoms with van der Waals surface area (Å²) < 4.78 is 0. The van der Waals surface area contributed by atoms with Gasteiger partial charge in [0, 0.05) is 6.04 Å². The molecule has 0 aromatic carbocycles. The van der Waals surface area contributed by atoms with Crippen LogP contribution in [-0.2, 0) is 0 Å². The van der Waals surface area contributed by atoms with Crippen LogP contribution in [-0.4, -0.2) is 11.6 Å². The Balaban J connectivity index is 2.14. The van der Waals surface area contributed by atoms with E-state index in [0.717, 1.165) is 11.8 Å². The third-order valence-corrected chi connectivity index (χ3v) is 5.57. The van der Waals surface area contributed by atoms with Gasteiger partial charge in [-0.05, 0) is 62.4 Å². The fourth-order valence-electron chi connectivity index (χ4n) is 4.35. The second-order valence-electron chi connectivity index (χ2n) is 7.69. The highest BCUT2D eigenvalue weighted by atomic mass is 15.2. The highest BCUT2D eigenvalue weighted by Gasteiger charge is 2.57. The molecule has 1 N–H and O–H groups in total. The Hall–Kier alpha value is -0.300. The lowest BCUT2D eigenvalue weighted by atomic mass is 9.70. The van der Waals surface area contributed by atoms with Gasteiger partial charge >= 0.3 is 0 Å². The molecule has 0 aromatic heterocycles.